The lowest BCUT2D eigenvalue weighted by atomic mass is 10.1. The Morgan fingerprint density at radius 2 is 1.78 bits per heavy atom. The minimum absolute atomic E-state index is 0.219. The number of hydrogen-bond donors (Lipinski definition) is 2. The Hall–Kier alpha value is -3.28. The van der Waals surface area contributed by atoms with Gasteiger partial charge in [0.25, 0.3) is 5.91 Å². The highest BCUT2D eigenvalue weighted by atomic mass is 19.1. The standard InChI is InChI=1S/C21H21FN4O/c1-3-15-9-6-7-14(2)20(15)24-21(27)18-11-12-19(26-25-18)23-13-16-8-4-5-10-17(16)22/h4-12H,3,13H2,1-2H3,(H,23,26)(H,24,27). The number of carbonyl (C=O) groups is 1. The second-order valence-electron chi connectivity index (χ2n) is 6.17. The topological polar surface area (TPSA) is 66.9 Å². The third-order valence-electron chi connectivity index (χ3n) is 4.29. The summed E-state index contributed by atoms with van der Waals surface area (Å²) < 4.78 is 13.6. The lowest BCUT2D eigenvalue weighted by Gasteiger charge is -2.12. The van der Waals surface area contributed by atoms with E-state index in [1.165, 1.54) is 6.07 Å². The number of nitrogens with one attached hydrogen (secondary N) is 2. The molecule has 5 nitrogen and oxygen atoms in total. The normalized spacial score (nSPS) is 10.5. The highest BCUT2D eigenvalue weighted by Crippen LogP contribution is 2.21. The number of amides is 1. The van der Waals surface area contributed by atoms with Crippen LogP contribution in [-0.2, 0) is 13.0 Å². The fourth-order valence-electron chi connectivity index (χ4n) is 2.75. The smallest absolute Gasteiger partial charge is 0.276 e. The fraction of sp³-hybridized carbons (Fsp3) is 0.190. The molecule has 6 heteroatoms. The van der Waals surface area contributed by atoms with E-state index in [4.69, 9.17) is 0 Å². The van der Waals surface area contributed by atoms with Crippen LogP contribution in [0, 0.1) is 12.7 Å². The molecule has 2 aromatic carbocycles. The third-order valence-corrected chi connectivity index (χ3v) is 4.29. The van der Waals surface area contributed by atoms with Crippen LogP contribution >= 0.6 is 0 Å². The van der Waals surface area contributed by atoms with Crippen molar-refractivity contribution in [1.29, 1.82) is 0 Å². The summed E-state index contributed by atoms with van der Waals surface area (Å²) in [5.41, 5.74) is 3.64. The maximum atomic E-state index is 13.6. The Labute approximate surface area is 157 Å². The number of nitrogens with zero attached hydrogens (tertiary/aromatic N) is 2. The summed E-state index contributed by atoms with van der Waals surface area (Å²) in [5, 5.41) is 13.9. The van der Waals surface area contributed by atoms with Crippen LogP contribution in [0.4, 0.5) is 15.9 Å². The van der Waals surface area contributed by atoms with Crippen molar-refractivity contribution in [3.8, 4) is 0 Å². The van der Waals surface area contributed by atoms with Crippen LogP contribution in [0.1, 0.15) is 34.1 Å². The number of rotatable bonds is 6. The molecule has 0 aliphatic rings. The van der Waals surface area contributed by atoms with Crippen LogP contribution in [-0.4, -0.2) is 16.1 Å². The monoisotopic (exact) mass is 364 g/mol. The van der Waals surface area contributed by atoms with Gasteiger partial charge >= 0.3 is 0 Å². The predicted molar refractivity (Wildman–Crippen MR) is 104 cm³/mol. The third kappa shape index (κ3) is 4.47. The number of aromatic nitrogens is 2. The maximum Gasteiger partial charge on any atom is 0.276 e. The van der Waals surface area contributed by atoms with Crippen LogP contribution in [0.25, 0.3) is 0 Å². The summed E-state index contributed by atoms with van der Waals surface area (Å²) >= 11 is 0. The van der Waals surface area contributed by atoms with E-state index in [0.29, 0.717) is 11.4 Å². The number of halogens is 1. The summed E-state index contributed by atoms with van der Waals surface area (Å²) in [7, 11) is 0. The Morgan fingerprint density at radius 1 is 1.00 bits per heavy atom. The molecule has 0 saturated heterocycles. The van der Waals surface area contributed by atoms with Gasteiger partial charge in [-0.05, 0) is 42.7 Å². The zero-order valence-corrected chi connectivity index (χ0v) is 15.3. The van der Waals surface area contributed by atoms with E-state index in [1.807, 2.05) is 32.0 Å². The molecule has 3 rings (SSSR count). The van der Waals surface area contributed by atoms with E-state index in [0.717, 1.165) is 23.2 Å². The number of aryl methyl sites for hydroxylation is 2. The van der Waals surface area contributed by atoms with E-state index >= 15 is 0 Å². The number of benzene rings is 2. The average molecular weight is 364 g/mol. The molecule has 0 atom stereocenters. The van der Waals surface area contributed by atoms with Crippen molar-refractivity contribution in [1.82, 2.24) is 10.2 Å². The minimum Gasteiger partial charge on any atom is -0.364 e. The van der Waals surface area contributed by atoms with Crippen molar-refractivity contribution in [2.45, 2.75) is 26.8 Å². The first kappa shape index (κ1) is 18.5. The second kappa shape index (κ2) is 8.40. The average Bonchev–Trinajstić information content (AvgIpc) is 2.69. The van der Waals surface area contributed by atoms with E-state index in [9.17, 15) is 9.18 Å². The lowest BCUT2D eigenvalue weighted by molar-refractivity contribution is 0.102. The Kier molecular flexibility index (Phi) is 5.76. The highest BCUT2D eigenvalue weighted by Gasteiger charge is 2.12. The molecule has 3 aromatic rings. The van der Waals surface area contributed by atoms with Crippen molar-refractivity contribution in [2.24, 2.45) is 0 Å². The molecule has 0 unspecified atom stereocenters. The first-order valence-electron chi connectivity index (χ1n) is 8.79. The maximum absolute atomic E-state index is 13.6. The molecule has 27 heavy (non-hydrogen) atoms. The fourth-order valence-corrected chi connectivity index (χ4v) is 2.75. The van der Waals surface area contributed by atoms with Gasteiger partial charge in [0, 0.05) is 17.8 Å². The minimum atomic E-state index is -0.313. The number of hydrogen-bond acceptors (Lipinski definition) is 4. The molecule has 0 aliphatic carbocycles. The zero-order chi connectivity index (χ0) is 19.2. The molecule has 138 valence electrons. The van der Waals surface area contributed by atoms with Crippen molar-refractivity contribution in [3.63, 3.8) is 0 Å². The Morgan fingerprint density at radius 3 is 2.48 bits per heavy atom. The van der Waals surface area contributed by atoms with E-state index in [-0.39, 0.29) is 24.0 Å². The largest absolute Gasteiger partial charge is 0.364 e. The molecule has 1 amide bonds. The molecule has 1 aromatic heterocycles. The number of carbonyl (C=O) groups excluding carboxylic acids is 1. The molecule has 0 bridgehead atoms. The van der Waals surface area contributed by atoms with E-state index in [2.05, 4.69) is 20.8 Å². The molecule has 0 aliphatic heterocycles. The van der Waals surface area contributed by atoms with Gasteiger partial charge in [0.15, 0.2) is 5.69 Å². The van der Waals surface area contributed by atoms with Crippen molar-refractivity contribution >= 4 is 17.4 Å². The first-order chi connectivity index (χ1) is 13.1. The van der Waals surface area contributed by atoms with Crippen LogP contribution in [0.5, 0.6) is 0 Å². The molecule has 0 saturated carbocycles. The number of para-hydroxylation sites is 1. The van der Waals surface area contributed by atoms with Crippen molar-refractivity contribution in [2.75, 3.05) is 10.6 Å². The SMILES string of the molecule is CCc1cccc(C)c1NC(=O)c1ccc(NCc2ccccc2F)nn1. The van der Waals surface area contributed by atoms with Gasteiger partial charge in [-0.15, -0.1) is 10.2 Å². The summed E-state index contributed by atoms with van der Waals surface area (Å²) in [5.74, 6) is -0.119. The highest BCUT2D eigenvalue weighted by molar-refractivity contribution is 6.03. The molecule has 0 fully saturated rings. The van der Waals surface area contributed by atoms with Gasteiger partial charge in [0.05, 0.1) is 0 Å². The van der Waals surface area contributed by atoms with Crippen molar-refractivity contribution < 1.29 is 9.18 Å². The van der Waals surface area contributed by atoms with Crippen LogP contribution < -0.4 is 10.6 Å². The van der Waals surface area contributed by atoms with Gasteiger partial charge in [0.1, 0.15) is 11.6 Å². The van der Waals surface area contributed by atoms with E-state index in [1.54, 1.807) is 30.3 Å². The van der Waals surface area contributed by atoms with Crippen LogP contribution in [0.15, 0.2) is 54.6 Å². The molecular weight excluding hydrogens is 343 g/mol. The Bertz CT molecular complexity index is 941. The van der Waals surface area contributed by atoms with Crippen molar-refractivity contribution in [3.05, 3.63) is 82.8 Å². The first-order valence-corrected chi connectivity index (χ1v) is 8.79. The zero-order valence-electron chi connectivity index (χ0n) is 15.3. The summed E-state index contributed by atoms with van der Waals surface area (Å²) in [6, 6.07) is 15.7. The molecule has 0 radical (unpaired) electrons. The van der Waals surface area contributed by atoms with Gasteiger partial charge in [-0.1, -0.05) is 43.3 Å². The van der Waals surface area contributed by atoms with Crippen LogP contribution in [0.3, 0.4) is 0 Å². The van der Waals surface area contributed by atoms with Gasteiger partial charge in [-0.2, -0.15) is 0 Å². The van der Waals surface area contributed by atoms with Gasteiger partial charge in [0.2, 0.25) is 0 Å². The van der Waals surface area contributed by atoms with Gasteiger partial charge in [-0.3, -0.25) is 4.79 Å². The molecule has 0 spiro atoms. The van der Waals surface area contributed by atoms with Crippen LogP contribution in [0.2, 0.25) is 0 Å². The summed E-state index contributed by atoms with van der Waals surface area (Å²) in [6.45, 7) is 4.28. The van der Waals surface area contributed by atoms with E-state index < -0.39 is 0 Å². The Balaban J connectivity index is 1.67. The van der Waals surface area contributed by atoms with Gasteiger partial charge in [-0.25, -0.2) is 4.39 Å². The predicted octanol–water partition coefficient (Wildman–Crippen LogP) is 4.35. The lowest BCUT2D eigenvalue weighted by Crippen LogP contribution is -2.16. The van der Waals surface area contributed by atoms with Gasteiger partial charge < -0.3 is 10.6 Å². The summed E-state index contributed by atoms with van der Waals surface area (Å²) in [4.78, 5) is 12.5. The quantitative estimate of drug-likeness (QED) is 0.682. The summed E-state index contributed by atoms with van der Waals surface area (Å²) in [6.07, 6.45) is 0.821. The molecule has 1 heterocycles. The molecule has 2 N–H and O–H groups in total. The number of anilines is 2. The second-order valence-corrected chi connectivity index (χ2v) is 6.17. The molecular formula is C21H21FN4O.